The highest BCUT2D eigenvalue weighted by Crippen LogP contribution is 2.69. The third-order valence-corrected chi connectivity index (χ3v) is 4.02. The number of ketones is 1. The second kappa shape index (κ2) is 2.10. The van der Waals surface area contributed by atoms with E-state index in [2.05, 4.69) is 24.0 Å². The first-order valence-electron chi connectivity index (χ1n) is 5.11. The van der Waals surface area contributed by atoms with Gasteiger partial charge < -0.3 is 0 Å². The van der Waals surface area contributed by atoms with Gasteiger partial charge in [-0.15, -0.1) is 0 Å². The average Bonchev–Trinajstić information content (AvgIpc) is 2.49. The Morgan fingerprint density at radius 3 is 2.93 bits per heavy atom. The van der Waals surface area contributed by atoms with E-state index in [-0.39, 0.29) is 5.78 Å². The second-order valence-electron chi connectivity index (χ2n) is 5.13. The van der Waals surface area contributed by atoms with Crippen LogP contribution >= 0.6 is 0 Å². The van der Waals surface area contributed by atoms with E-state index in [1.807, 2.05) is 0 Å². The van der Waals surface area contributed by atoms with Gasteiger partial charge in [-0.1, -0.05) is 13.8 Å². The van der Waals surface area contributed by atoms with E-state index in [4.69, 9.17) is 0 Å². The molecular formula is C11H14N2O. The first-order valence-corrected chi connectivity index (χ1v) is 5.11. The van der Waals surface area contributed by atoms with E-state index < -0.39 is 0 Å². The Morgan fingerprint density at radius 1 is 1.57 bits per heavy atom. The fraction of sp³-hybridized carbons (Fsp3) is 0.636. The van der Waals surface area contributed by atoms with Crippen LogP contribution in [0.15, 0.2) is 0 Å². The second-order valence-corrected chi connectivity index (χ2v) is 5.13. The summed E-state index contributed by atoms with van der Waals surface area (Å²) in [6, 6.07) is 0. The highest BCUT2D eigenvalue weighted by Gasteiger charge is 2.63. The Morgan fingerprint density at radius 2 is 2.29 bits per heavy atom. The van der Waals surface area contributed by atoms with Crippen molar-refractivity contribution in [3.63, 3.8) is 0 Å². The molecule has 2 aliphatic rings. The molecule has 0 spiro atoms. The molecule has 2 atom stereocenters. The molecule has 1 saturated carbocycles. The lowest BCUT2D eigenvalue weighted by Crippen LogP contribution is -2.03. The van der Waals surface area contributed by atoms with Crippen LogP contribution < -0.4 is 0 Å². The van der Waals surface area contributed by atoms with Gasteiger partial charge in [0.25, 0.3) is 0 Å². The van der Waals surface area contributed by atoms with Gasteiger partial charge in [0, 0.05) is 18.4 Å². The molecule has 1 aromatic heterocycles. The fourth-order valence-electron chi connectivity index (χ4n) is 3.02. The Balaban J connectivity index is 2.07. The number of Topliss-reactive ketones (excluding diaryl/α,β-unsaturated/α-hetero) is 1. The summed E-state index contributed by atoms with van der Waals surface area (Å²) in [5.74, 6) is 1.44. The Hall–Kier alpha value is -1.12. The monoisotopic (exact) mass is 190 g/mol. The highest BCUT2D eigenvalue weighted by atomic mass is 16.1. The number of hydrogen-bond acceptors (Lipinski definition) is 2. The minimum Gasteiger partial charge on any atom is -0.293 e. The minimum absolute atomic E-state index is 0.109. The standard InChI is InChI=1S/C11H14N2O/c1-5(14)9-6-4-7-8(11(7,2)3)10(6)13-12-9/h7-8H,4H2,1-3H3,(H,12,13). The molecule has 0 aromatic carbocycles. The topological polar surface area (TPSA) is 45.8 Å². The third-order valence-electron chi connectivity index (χ3n) is 4.02. The average molecular weight is 190 g/mol. The maximum atomic E-state index is 11.3. The summed E-state index contributed by atoms with van der Waals surface area (Å²) < 4.78 is 0. The molecule has 0 radical (unpaired) electrons. The quantitative estimate of drug-likeness (QED) is 0.687. The Bertz CT molecular complexity index is 430. The van der Waals surface area contributed by atoms with Crippen LogP contribution in [0.25, 0.3) is 0 Å². The van der Waals surface area contributed by atoms with Gasteiger partial charge in [0.2, 0.25) is 0 Å². The van der Waals surface area contributed by atoms with E-state index in [1.54, 1.807) is 6.92 Å². The lowest BCUT2D eigenvalue weighted by molar-refractivity contribution is 0.101. The molecular weight excluding hydrogens is 176 g/mol. The van der Waals surface area contributed by atoms with Gasteiger partial charge in [-0.25, -0.2) is 0 Å². The summed E-state index contributed by atoms with van der Waals surface area (Å²) in [6.07, 6.45) is 1.04. The van der Waals surface area contributed by atoms with Crippen LogP contribution in [0.5, 0.6) is 0 Å². The lowest BCUT2D eigenvalue weighted by Gasteiger charge is -2.06. The number of nitrogens with one attached hydrogen (secondary N) is 1. The van der Waals surface area contributed by atoms with Crippen LogP contribution in [0, 0.1) is 11.3 Å². The van der Waals surface area contributed by atoms with Crippen molar-refractivity contribution in [3.05, 3.63) is 17.0 Å². The number of carbonyl (C=O) groups excluding carboxylic acids is 1. The number of nitrogens with zero attached hydrogens (tertiary/aromatic N) is 1. The van der Waals surface area contributed by atoms with Crippen LogP contribution in [0.1, 0.15) is 48.4 Å². The first-order chi connectivity index (χ1) is 6.53. The van der Waals surface area contributed by atoms with E-state index >= 15 is 0 Å². The summed E-state index contributed by atoms with van der Waals surface area (Å²) >= 11 is 0. The van der Waals surface area contributed by atoms with Crippen LogP contribution in [0.4, 0.5) is 0 Å². The smallest absolute Gasteiger partial charge is 0.177 e. The number of hydrogen-bond donors (Lipinski definition) is 1. The predicted octanol–water partition coefficient (Wildman–Crippen LogP) is 1.91. The normalized spacial score (nSPS) is 31.1. The number of carbonyl (C=O) groups is 1. The largest absolute Gasteiger partial charge is 0.293 e. The summed E-state index contributed by atoms with van der Waals surface area (Å²) in [5.41, 5.74) is 3.50. The molecule has 0 bridgehead atoms. The maximum absolute atomic E-state index is 11.3. The number of fused-ring (bicyclic) bond motifs is 3. The van der Waals surface area contributed by atoms with Crippen molar-refractivity contribution in [2.24, 2.45) is 11.3 Å². The number of aromatic amines is 1. The molecule has 0 saturated heterocycles. The minimum atomic E-state index is 0.109. The van der Waals surface area contributed by atoms with Gasteiger partial charge in [-0.2, -0.15) is 5.10 Å². The molecule has 1 heterocycles. The summed E-state index contributed by atoms with van der Waals surface area (Å²) in [5, 5.41) is 7.16. The number of aromatic nitrogens is 2. The summed E-state index contributed by atoms with van der Waals surface area (Å²) in [7, 11) is 0. The molecule has 3 rings (SSSR count). The lowest BCUT2D eigenvalue weighted by atomic mass is 9.97. The van der Waals surface area contributed by atoms with Crippen LogP contribution in [-0.2, 0) is 6.42 Å². The van der Waals surface area contributed by atoms with Crippen LogP contribution in [0.2, 0.25) is 0 Å². The molecule has 1 N–H and O–H groups in total. The van der Waals surface area contributed by atoms with Crippen LogP contribution in [-0.4, -0.2) is 16.0 Å². The maximum Gasteiger partial charge on any atom is 0.177 e. The molecule has 3 heteroatoms. The van der Waals surface area contributed by atoms with Crippen molar-refractivity contribution < 1.29 is 4.79 Å². The number of rotatable bonds is 1. The van der Waals surface area contributed by atoms with Crippen molar-refractivity contribution >= 4 is 5.78 Å². The zero-order chi connectivity index (χ0) is 10.1. The van der Waals surface area contributed by atoms with Crippen molar-refractivity contribution in [1.82, 2.24) is 10.2 Å². The molecule has 1 aromatic rings. The Labute approximate surface area is 82.9 Å². The predicted molar refractivity (Wildman–Crippen MR) is 52.3 cm³/mol. The van der Waals surface area contributed by atoms with E-state index in [1.165, 1.54) is 5.56 Å². The fourth-order valence-corrected chi connectivity index (χ4v) is 3.02. The van der Waals surface area contributed by atoms with Gasteiger partial charge >= 0.3 is 0 Å². The van der Waals surface area contributed by atoms with Crippen molar-refractivity contribution in [2.45, 2.75) is 33.1 Å². The first kappa shape index (κ1) is 8.21. The van der Waals surface area contributed by atoms with Gasteiger partial charge in [0.1, 0.15) is 5.69 Å². The zero-order valence-corrected chi connectivity index (χ0v) is 8.72. The molecule has 74 valence electrons. The van der Waals surface area contributed by atoms with E-state index in [0.717, 1.165) is 23.7 Å². The molecule has 0 amide bonds. The zero-order valence-electron chi connectivity index (χ0n) is 8.72. The van der Waals surface area contributed by atoms with Gasteiger partial charge in [0.15, 0.2) is 5.78 Å². The molecule has 14 heavy (non-hydrogen) atoms. The summed E-state index contributed by atoms with van der Waals surface area (Å²) in [4.78, 5) is 11.3. The van der Waals surface area contributed by atoms with Gasteiger partial charge in [0.05, 0.1) is 5.69 Å². The van der Waals surface area contributed by atoms with Crippen LogP contribution in [0.3, 0.4) is 0 Å². The van der Waals surface area contributed by atoms with Crippen molar-refractivity contribution in [1.29, 1.82) is 0 Å². The van der Waals surface area contributed by atoms with Crippen molar-refractivity contribution in [3.8, 4) is 0 Å². The van der Waals surface area contributed by atoms with Crippen molar-refractivity contribution in [2.75, 3.05) is 0 Å². The number of H-pyrrole nitrogens is 1. The van der Waals surface area contributed by atoms with E-state index in [9.17, 15) is 4.79 Å². The van der Waals surface area contributed by atoms with E-state index in [0.29, 0.717) is 11.3 Å². The molecule has 3 nitrogen and oxygen atoms in total. The molecule has 0 aliphatic heterocycles. The van der Waals surface area contributed by atoms with Gasteiger partial charge in [-0.05, 0) is 17.8 Å². The third kappa shape index (κ3) is 0.740. The van der Waals surface area contributed by atoms with Gasteiger partial charge in [-0.3, -0.25) is 9.89 Å². The molecule has 2 aliphatic carbocycles. The highest BCUT2D eigenvalue weighted by molar-refractivity contribution is 5.94. The Kier molecular flexibility index (Phi) is 1.23. The summed E-state index contributed by atoms with van der Waals surface area (Å²) in [6.45, 7) is 6.17. The molecule has 1 fully saturated rings. The SMILES string of the molecule is CC(=O)c1[nH]nc2c1CC1C2C1(C)C. The molecule has 2 unspecified atom stereocenters.